The van der Waals surface area contributed by atoms with Crippen LogP contribution in [-0.2, 0) is 12.8 Å². The van der Waals surface area contributed by atoms with E-state index >= 15 is 0 Å². The van der Waals surface area contributed by atoms with Gasteiger partial charge in [-0.05, 0) is 30.7 Å². The summed E-state index contributed by atoms with van der Waals surface area (Å²) >= 11 is 13.8. The van der Waals surface area contributed by atoms with Crippen molar-refractivity contribution in [2.45, 2.75) is 25.8 Å². The van der Waals surface area contributed by atoms with Crippen LogP contribution >= 0.6 is 34.5 Å². The fraction of sp³-hybridized carbons (Fsp3) is 0.357. The number of benzene rings is 1. The summed E-state index contributed by atoms with van der Waals surface area (Å²) in [4.78, 5) is 4.34. The molecule has 19 heavy (non-hydrogen) atoms. The number of likely N-dealkylation sites (N-methyl/N-ethyl adjacent to an activating group) is 1. The lowest BCUT2D eigenvalue weighted by Crippen LogP contribution is -2.33. The molecule has 2 nitrogen and oxygen atoms in total. The second kappa shape index (κ2) is 7.25. The van der Waals surface area contributed by atoms with Gasteiger partial charge in [-0.25, -0.2) is 4.98 Å². The van der Waals surface area contributed by atoms with Crippen molar-refractivity contribution in [1.82, 2.24) is 10.3 Å². The van der Waals surface area contributed by atoms with Crippen LogP contribution in [0.15, 0.2) is 29.8 Å². The molecule has 1 unspecified atom stereocenters. The summed E-state index contributed by atoms with van der Waals surface area (Å²) in [6.45, 7) is 3.04. The first-order valence-corrected chi connectivity index (χ1v) is 7.88. The number of rotatable bonds is 6. The zero-order valence-corrected chi connectivity index (χ0v) is 13.0. The van der Waals surface area contributed by atoms with E-state index in [4.69, 9.17) is 23.2 Å². The second-order valence-electron chi connectivity index (χ2n) is 4.32. The van der Waals surface area contributed by atoms with E-state index < -0.39 is 0 Å². The summed E-state index contributed by atoms with van der Waals surface area (Å²) in [5.41, 5.74) is 1.12. The van der Waals surface area contributed by atoms with Crippen LogP contribution in [0.1, 0.15) is 17.5 Å². The van der Waals surface area contributed by atoms with Gasteiger partial charge in [-0.2, -0.15) is 0 Å². The minimum Gasteiger partial charge on any atom is -0.314 e. The van der Waals surface area contributed by atoms with Gasteiger partial charge in [0.25, 0.3) is 0 Å². The van der Waals surface area contributed by atoms with Gasteiger partial charge < -0.3 is 5.32 Å². The van der Waals surface area contributed by atoms with Crippen molar-refractivity contribution in [2.24, 2.45) is 0 Å². The fourth-order valence-electron chi connectivity index (χ4n) is 2.02. The SMILES string of the molecule is CCNC(Cc1nccs1)Cc1ccc(Cl)cc1Cl. The van der Waals surface area contributed by atoms with E-state index in [-0.39, 0.29) is 0 Å². The van der Waals surface area contributed by atoms with Gasteiger partial charge in [0.1, 0.15) is 0 Å². The largest absolute Gasteiger partial charge is 0.314 e. The molecule has 0 aliphatic heterocycles. The maximum absolute atomic E-state index is 6.23. The number of nitrogens with one attached hydrogen (secondary N) is 1. The topological polar surface area (TPSA) is 24.9 Å². The van der Waals surface area contributed by atoms with E-state index in [1.165, 1.54) is 0 Å². The number of hydrogen-bond acceptors (Lipinski definition) is 3. The average Bonchev–Trinajstić information content (AvgIpc) is 2.86. The van der Waals surface area contributed by atoms with E-state index in [1.54, 1.807) is 17.4 Å². The molecular weight excluding hydrogens is 299 g/mol. The van der Waals surface area contributed by atoms with Gasteiger partial charge >= 0.3 is 0 Å². The Kier molecular flexibility index (Phi) is 5.64. The van der Waals surface area contributed by atoms with Crippen LogP contribution < -0.4 is 5.32 Å². The molecule has 1 aromatic heterocycles. The Hall–Kier alpha value is -0.610. The van der Waals surface area contributed by atoms with Crippen LogP contribution in [0.3, 0.4) is 0 Å². The number of halogens is 2. The lowest BCUT2D eigenvalue weighted by molar-refractivity contribution is 0.520. The summed E-state index contributed by atoms with van der Waals surface area (Å²) in [7, 11) is 0. The van der Waals surface area contributed by atoms with Crippen LogP contribution in [0.4, 0.5) is 0 Å². The predicted molar refractivity (Wildman–Crippen MR) is 83.4 cm³/mol. The van der Waals surface area contributed by atoms with Gasteiger partial charge in [-0.3, -0.25) is 0 Å². The van der Waals surface area contributed by atoms with Crippen molar-refractivity contribution in [3.05, 3.63) is 50.4 Å². The maximum atomic E-state index is 6.23. The molecular formula is C14H16Cl2N2S. The highest BCUT2D eigenvalue weighted by Gasteiger charge is 2.13. The summed E-state index contributed by atoms with van der Waals surface area (Å²) in [6.07, 6.45) is 3.64. The minimum atomic E-state index is 0.342. The third kappa shape index (κ3) is 4.46. The fourth-order valence-corrected chi connectivity index (χ4v) is 3.21. The average molecular weight is 315 g/mol. The molecule has 0 aliphatic rings. The van der Waals surface area contributed by atoms with Gasteiger partial charge in [-0.1, -0.05) is 36.2 Å². The molecule has 0 saturated heterocycles. The predicted octanol–water partition coefficient (Wildman–Crippen LogP) is 4.21. The Bertz CT molecular complexity index is 514. The molecule has 0 saturated carbocycles. The molecule has 2 rings (SSSR count). The number of hydrogen-bond donors (Lipinski definition) is 1. The summed E-state index contributed by atoms with van der Waals surface area (Å²) in [5, 5.41) is 8.05. The Labute approximate surface area is 127 Å². The molecule has 5 heteroatoms. The normalized spacial score (nSPS) is 12.6. The second-order valence-corrected chi connectivity index (χ2v) is 6.15. The monoisotopic (exact) mass is 314 g/mol. The maximum Gasteiger partial charge on any atom is 0.0940 e. The van der Waals surface area contributed by atoms with Crippen LogP contribution in [-0.4, -0.2) is 17.6 Å². The number of aromatic nitrogens is 1. The zero-order chi connectivity index (χ0) is 13.7. The van der Waals surface area contributed by atoms with Gasteiger partial charge in [0.15, 0.2) is 0 Å². The Balaban J connectivity index is 2.07. The van der Waals surface area contributed by atoms with Crippen molar-refractivity contribution in [3.8, 4) is 0 Å². The molecule has 0 amide bonds. The van der Waals surface area contributed by atoms with Gasteiger partial charge in [0.2, 0.25) is 0 Å². The van der Waals surface area contributed by atoms with Crippen molar-refractivity contribution >= 4 is 34.5 Å². The quantitative estimate of drug-likeness (QED) is 0.863. The number of nitrogens with zero attached hydrogens (tertiary/aromatic N) is 1. The van der Waals surface area contributed by atoms with Gasteiger partial charge in [0.05, 0.1) is 5.01 Å². The van der Waals surface area contributed by atoms with E-state index in [2.05, 4.69) is 17.2 Å². The molecule has 0 radical (unpaired) electrons. The molecule has 1 aromatic carbocycles. The van der Waals surface area contributed by atoms with E-state index in [0.29, 0.717) is 11.1 Å². The third-order valence-electron chi connectivity index (χ3n) is 2.88. The van der Waals surface area contributed by atoms with Crippen LogP contribution in [0, 0.1) is 0 Å². The molecule has 0 spiro atoms. The van der Waals surface area contributed by atoms with Crippen LogP contribution in [0.5, 0.6) is 0 Å². The van der Waals surface area contributed by atoms with Gasteiger partial charge in [-0.15, -0.1) is 11.3 Å². The van der Waals surface area contributed by atoms with Crippen LogP contribution in [0.25, 0.3) is 0 Å². The van der Waals surface area contributed by atoms with Crippen molar-refractivity contribution in [3.63, 3.8) is 0 Å². The first-order chi connectivity index (χ1) is 9.19. The highest BCUT2D eigenvalue weighted by atomic mass is 35.5. The highest BCUT2D eigenvalue weighted by molar-refractivity contribution is 7.09. The standard InChI is InChI=1S/C14H16Cl2N2S/c1-2-17-12(9-14-18-5-6-19-14)7-10-3-4-11(15)8-13(10)16/h3-6,8,12,17H,2,7,9H2,1H3. The molecule has 0 fully saturated rings. The lowest BCUT2D eigenvalue weighted by Gasteiger charge is -2.17. The first kappa shape index (κ1) is 14.8. The molecule has 2 aromatic rings. The molecule has 0 bridgehead atoms. The molecule has 1 heterocycles. The van der Waals surface area contributed by atoms with Crippen molar-refractivity contribution < 1.29 is 0 Å². The summed E-state index contributed by atoms with van der Waals surface area (Å²) in [5.74, 6) is 0. The van der Waals surface area contributed by atoms with E-state index in [1.807, 2.05) is 23.7 Å². The molecule has 102 valence electrons. The summed E-state index contributed by atoms with van der Waals surface area (Å²) in [6, 6.07) is 6.02. The molecule has 1 N–H and O–H groups in total. The first-order valence-electron chi connectivity index (χ1n) is 6.24. The Morgan fingerprint density at radius 1 is 1.32 bits per heavy atom. The summed E-state index contributed by atoms with van der Waals surface area (Å²) < 4.78 is 0. The minimum absolute atomic E-state index is 0.342. The van der Waals surface area contributed by atoms with E-state index in [9.17, 15) is 0 Å². The van der Waals surface area contributed by atoms with Crippen molar-refractivity contribution in [2.75, 3.05) is 6.54 Å². The van der Waals surface area contributed by atoms with Crippen molar-refractivity contribution in [1.29, 1.82) is 0 Å². The van der Waals surface area contributed by atoms with Gasteiger partial charge in [0, 0.05) is 34.1 Å². The van der Waals surface area contributed by atoms with E-state index in [0.717, 1.165) is 35.0 Å². The molecule has 1 atom stereocenters. The molecule has 0 aliphatic carbocycles. The Morgan fingerprint density at radius 2 is 2.16 bits per heavy atom. The Morgan fingerprint density at radius 3 is 2.79 bits per heavy atom. The highest BCUT2D eigenvalue weighted by Crippen LogP contribution is 2.23. The zero-order valence-electron chi connectivity index (χ0n) is 10.7. The smallest absolute Gasteiger partial charge is 0.0940 e. The van der Waals surface area contributed by atoms with Crippen LogP contribution in [0.2, 0.25) is 10.0 Å². The number of thiazole rings is 1. The third-order valence-corrected chi connectivity index (χ3v) is 4.27. The lowest BCUT2D eigenvalue weighted by atomic mass is 10.0.